The number of rotatable bonds is 3. The Hall–Kier alpha value is -1.34. The quantitative estimate of drug-likeness (QED) is 0.900. The molecule has 1 rings (SSSR count). The first-order valence-corrected chi connectivity index (χ1v) is 4.83. The summed E-state index contributed by atoms with van der Waals surface area (Å²) < 4.78 is 0.790. The van der Waals surface area contributed by atoms with E-state index in [0.29, 0.717) is 12.0 Å². The van der Waals surface area contributed by atoms with Crippen molar-refractivity contribution in [3.63, 3.8) is 0 Å². The Morgan fingerprint density at radius 2 is 2.29 bits per heavy atom. The zero-order valence-corrected chi connectivity index (χ0v) is 8.91. The Labute approximate surface area is 90.1 Å². The molecule has 0 aromatic heterocycles. The lowest BCUT2D eigenvalue weighted by atomic mass is 10.1. The van der Waals surface area contributed by atoms with Gasteiger partial charge in [0.05, 0.1) is 11.6 Å². The summed E-state index contributed by atoms with van der Waals surface area (Å²) in [4.78, 5) is 10.3. The molecule has 72 valence electrons. The largest absolute Gasteiger partial charge is 0.481 e. The van der Waals surface area contributed by atoms with Gasteiger partial charge in [-0.3, -0.25) is 4.79 Å². The number of aliphatic carboxylic acids is 1. The number of aryl methyl sites for hydroxylation is 1. The van der Waals surface area contributed by atoms with Gasteiger partial charge in [0.1, 0.15) is 0 Å². The van der Waals surface area contributed by atoms with Crippen LogP contribution in [0.4, 0.5) is 0 Å². The number of carbonyl (C=O) groups is 1. The van der Waals surface area contributed by atoms with Crippen LogP contribution in [0.5, 0.6) is 0 Å². The van der Waals surface area contributed by atoms with Crippen molar-refractivity contribution in [3.05, 3.63) is 33.8 Å². The first kappa shape index (κ1) is 10.7. The van der Waals surface area contributed by atoms with Gasteiger partial charge in [-0.15, -0.1) is 0 Å². The Bertz CT molecular complexity index is 396. The van der Waals surface area contributed by atoms with Crippen molar-refractivity contribution in [3.8, 4) is 6.07 Å². The van der Waals surface area contributed by atoms with E-state index in [1.54, 1.807) is 18.2 Å². The summed E-state index contributed by atoms with van der Waals surface area (Å²) >= 11 is 3.29. The fourth-order valence-corrected chi connectivity index (χ4v) is 1.64. The predicted octanol–water partition coefficient (Wildman–Crippen LogP) is 2.34. The second-order valence-electron chi connectivity index (χ2n) is 2.81. The smallest absolute Gasteiger partial charge is 0.303 e. The molecule has 1 aromatic rings. The third kappa shape index (κ3) is 2.86. The Kier molecular flexibility index (Phi) is 3.66. The van der Waals surface area contributed by atoms with E-state index in [-0.39, 0.29) is 6.42 Å². The maximum atomic E-state index is 10.3. The van der Waals surface area contributed by atoms with Gasteiger partial charge in [-0.05, 0) is 24.1 Å². The second-order valence-corrected chi connectivity index (χ2v) is 3.67. The van der Waals surface area contributed by atoms with Crippen LogP contribution in [0, 0.1) is 11.3 Å². The van der Waals surface area contributed by atoms with Crippen LogP contribution in [0.15, 0.2) is 22.7 Å². The number of halogens is 1. The second kappa shape index (κ2) is 4.77. The van der Waals surface area contributed by atoms with Gasteiger partial charge in [-0.1, -0.05) is 22.0 Å². The fraction of sp³-hybridized carbons (Fsp3) is 0.200. The SMILES string of the molecule is N#Cc1ccc(CCC(=O)O)c(Br)c1. The van der Waals surface area contributed by atoms with E-state index >= 15 is 0 Å². The van der Waals surface area contributed by atoms with Crippen LogP contribution in [0.25, 0.3) is 0 Å². The summed E-state index contributed by atoms with van der Waals surface area (Å²) in [5, 5.41) is 17.1. The lowest BCUT2D eigenvalue weighted by Gasteiger charge is -2.02. The summed E-state index contributed by atoms with van der Waals surface area (Å²) in [6.07, 6.45) is 0.576. The van der Waals surface area contributed by atoms with E-state index in [4.69, 9.17) is 10.4 Å². The maximum Gasteiger partial charge on any atom is 0.303 e. The summed E-state index contributed by atoms with van der Waals surface area (Å²) in [7, 11) is 0. The molecule has 0 fully saturated rings. The highest BCUT2D eigenvalue weighted by Crippen LogP contribution is 2.19. The van der Waals surface area contributed by atoms with Crippen LogP contribution in [-0.4, -0.2) is 11.1 Å². The molecule has 14 heavy (non-hydrogen) atoms. The van der Waals surface area contributed by atoms with Crippen LogP contribution < -0.4 is 0 Å². The number of hydrogen-bond donors (Lipinski definition) is 1. The van der Waals surface area contributed by atoms with E-state index in [1.165, 1.54) is 0 Å². The monoisotopic (exact) mass is 253 g/mol. The first-order valence-electron chi connectivity index (χ1n) is 4.04. The fourth-order valence-electron chi connectivity index (χ4n) is 1.06. The van der Waals surface area contributed by atoms with Crippen molar-refractivity contribution in [1.29, 1.82) is 5.26 Å². The molecule has 1 aromatic carbocycles. The minimum atomic E-state index is -0.818. The minimum Gasteiger partial charge on any atom is -0.481 e. The van der Waals surface area contributed by atoms with E-state index in [9.17, 15) is 4.79 Å². The van der Waals surface area contributed by atoms with E-state index < -0.39 is 5.97 Å². The Balaban J connectivity index is 2.80. The average Bonchev–Trinajstić information content (AvgIpc) is 2.15. The first-order chi connectivity index (χ1) is 6.63. The predicted molar refractivity (Wildman–Crippen MR) is 54.8 cm³/mol. The molecule has 0 radical (unpaired) electrons. The van der Waals surface area contributed by atoms with Crippen molar-refractivity contribution in [2.75, 3.05) is 0 Å². The zero-order valence-electron chi connectivity index (χ0n) is 7.33. The molecular formula is C10H8BrNO2. The van der Waals surface area contributed by atoms with Gasteiger partial charge < -0.3 is 5.11 Å². The van der Waals surface area contributed by atoms with Gasteiger partial charge in [-0.25, -0.2) is 0 Å². The van der Waals surface area contributed by atoms with Crippen LogP contribution >= 0.6 is 15.9 Å². The standard InChI is InChI=1S/C10H8BrNO2/c11-9-5-7(6-12)1-2-8(9)3-4-10(13)14/h1-2,5H,3-4H2,(H,13,14). The summed E-state index contributed by atoms with van der Waals surface area (Å²) in [5.41, 5.74) is 1.47. The lowest BCUT2D eigenvalue weighted by Crippen LogP contribution is -1.98. The van der Waals surface area contributed by atoms with E-state index in [0.717, 1.165) is 10.0 Å². The van der Waals surface area contributed by atoms with Crippen LogP contribution in [0.1, 0.15) is 17.5 Å². The molecule has 0 aliphatic heterocycles. The molecule has 0 spiro atoms. The molecule has 1 N–H and O–H groups in total. The van der Waals surface area contributed by atoms with Gasteiger partial charge in [0.25, 0.3) is 0 Å². The average molecular weight is 254 g/mol. The molecule has 0 aliphatic carbocycles. The number of hydrogen-bond acceptors (Lipinski definition) is 2. The van der Waals surface area contributed by atoms with Crippen molar-refractivity contribution < 1.29 is 9.90 Å². The molecule has 0 saturated carbocycles. The van der Waals surface area contributed by atoms with Crippen molar-refractivity contribution in [2.24, 2.45) is 0 Å². The molecular weight excluding hydrogens is 246 g/mol. The summed E-state index contributed by atoms with van der Waals surface area (Å²) in [5.74, 6) is -0.818. The molecule has 0 unspecified atom stereocenters. The normalized spacial score (nSPS) is 9.43. The maximum absolute atomic E-state index is 10.3. The van der Waals surface area contributed by atoms with E-state index in [1.807, 2.05) is 6.07 Å². The zero-order chi connectivity index (χ0) is 10.6. The molecule has 0 heterocycles. The number of nitriles is 1. The highest BCUT2D eigenvalue weighted by atomic mass is 79.9. The molecule has 0 bridgehead atoms. The minimum absolute atomic E-state index is 0.102. The van der Waals surface area contributed by atoms with E-state index in [2.05, 4.69) is 15.9 Å². The molecule has 3 nitrogen and oxygen atoms in total. The van der Waals surface area contributed by atoms with Gasteiger partial charge in [0.15, 0.2) is 0 Å². The highest BCUT2D eigenvalue weighted by Gasteiger charge is 2.03. The summed E-state index contributed by atoms with van der Waals surface area (Å²) in [6.45, 7) is 0. The van der Waals surface area contributed by atoms with Crippen molar-refractivity contribution >= 4 is 21.9 Å². The van der Waals surface area contributed by atoms with Gasteiger partial charge >= 0.3 is 5.97 Å². The molecule has 0 saturated heterocycles. The highest BCUT2D eigenvalue weighted by molar-refractivity contribution is 9.10. The van der Waals surface area contributed by atoms with Gasteiger partial charge in [0.2, 0.25) is 0 Å². The van der Waals surface area contributed by atoms with Crippen molar-refractivity contribution in [2.45, 2.75) is 12.8 Å². The van der Waals surface area contributed by atoms with Gasteiger partial charge in [0, 0.05) is 10.9 Å². The lowest BCUT2D eigenvalue weighted by molar-refractivity contribution is -0.136. The Morgan fingerprint density at radius 1 is 1.57 bits per heavy atom. The number of carboxylic acids is 1. The molecule has 0 atom stereocenters. The molecule has 0 amide bonds. The van der Waals surface area contributed by atoms with Crippen LogP contribution in [0.3, 0.4) is 0 Å². The van der Waals surface area contributed by atoms with Crippen LogP contribution in [0.2, 0.25) is 0 Å². The van der Waals surface area contributed by atoms with Crippen molar-refractivity contribution in [1.82, 2.24) is 0 Å². The Morgan fingerprint density at radius 3 is 2.79 bits per heavy atom. The summed E-state index contributed by atoms with van der Waals surface area (Å²) in [6, 6.07) is 7.16. The van der Waals surface area contributed by atoms with Gasteiger partial charge in [-0.2, -0.15) is 5.26 Å². The number of nitrogens with zero attached hydrogens (tertiary/aromatic N) is 1. The molecule has 0 aliphatic rings. The molecule has 4 heteroatoms. The third-order valence-electron chi connectivity index (χ3n) is 1.79. The third-order valence-corrected chi connectivity index (χ3v) is 2.53. The topological polar surface area (TPSA) is 61.1 Å². The number of benzene rings is 1. The van der Waals surface area contributed by atoms with Crippen LogP contribution in [-0.2, 0) is 11.2 Å². The number of carboxylic acid groups (broad SMARTS) is 1.